The summed E-state index contributed by atoms with van der Waals surface area (Å²) in [5, 5.41) is 0.610. The molecule has 1 amide bonds. The van der Waals surface area contributed by atoms with Crippen molar-refractivity contribution >= 4 is 27.5 Å². The maximum atomic E-state index is 13.6. The molecule has 1 unspecified atom stereocenters. The number of hydrogen-bond donors (Lipinski definition) is 1. The fourth-order valence-corrected chi connectivity index (χ4v) is 6.79. The number of carbonyl (C=O) groups is 1. The van der Waals surface area contributed by atoms with Gasteiger partial charge < -0.3 is 9.47 Å². The number of benzene rings is 1. The van der Waals surface area contributed by atoms with Gasteiger partial charge in [0.05, 0.1) is 12.1 Å². The lowest BCUT2D eigenvalue weighted by Crippen LogP contribution is -2.54. The van der Waals surface area contributed by atoms with Crippen molar-refractivity contribution in [3.8, 4) is 0 Å². The lowest BCUT2D eigenvalue weighted by molar-refractivity contribution is -0.136. The van der Waals surface area contributed by atoms with Gasteiger partial charge in [0.15, 0.2) is 0 Å². The number of imidazole rings is 1. The Labute approximate surface area is 214 Å². The minimum Gasteiger partial charge on any atom is -0.341 e. The number of nitrogens with zero attached hydrogens (tertiary/aromatic N) is 3. The average Bonchev–Trinajstić information content (AvgIpc) is 3.38. The zero-order valence-electron chi connectivity index (χ0n) is 20.5. The Morgan fingerprint density at radius 3 is 2.46 bits per heavy atom. The molecule has 0 bridgehead atoms. The predicted octanol–water partition coefficient (Wildman–Crippen LogP) is 4.28. The van der Waals surface area contributed by atoms with Crippen molar-refractivity contribution in [3.63, 3.8) is 0 Å². The summed E-state index contributed by atoms with van der Waals surface area (Å²) in [5.74, 6) is 0.448. The highest BCUT2D eigenvalue weighted by molar-refractivity contribution is 7.89. The van der Waals surface area contributed by atoms with Crippen LogP contribution in [0, 0.1) is 11.3 Å². The Hall–Kier alpha value is -1.90. The van der Waals surface area contributed by atoms with Crippen molar-refractivity contribution < 1.29 is 13.2 Å². The van der Waals surface area contributed by atoms with Crippen molar-refractivity contribution in [2.45, 2.75) is 70.9 Å². The minimum absolute atomic E-state index is 0.0624. The predicted molar refractivity (Wildman–Crippen MR) is 139 cm³/mol. The molecule has 7 nitrogen and oxygen atoms in total. The molecule has 0 spiro atoms. The number of nitrogens with one attached hydrogen (secondary N) is 1. The molecule has 1 aromatic heterocycles. The molecule has 1 aliphatic carbocycles. The van der Waals surface area contributed by atoms with Gasteiger partial charge >= 0.3 is 0 Å². The molecule has 1 N–H and O–H groups in total. The van der Waals surface area contributed by atoms with Crippen LogP contribution in [0.2, 0.25) is 5.02 Å². The van der Waals surface area contributed by atoms with Gasteiger partial charge in [0.2, 0.25) is 15.9 Å². The first-order valence-corrected chi connectivity index (χ1v) is 14.8. The quantitative estimate of drug-likeness (QED) is 0.535. The van der Waals surface area contributed by atoms with E-state index in [9.17, 15) is 13.2 Å². The minimum atomic E-state index is -3.54. The van der Waals surface area contributed by atoms with E-state index < -0.39 is 16.1 Å². The maximum absolute atomic E-state index is 13.6. The monoisotopic (exact) mass is 520 g/mol. The molecule has 0 radical (unpaired) electrons. The number of hydrogen-bond acceptors (Lipinski definition) is 4. The number of aromatic nitrogens is 2. The third kappa shape index (κ3) is 6.66. The van der Waals surface area contributed by atoms with E-state index in [4.69, 9.17) is 11.6 Å². The second-order valence-electron chi connectivity index (χ2n) is 10.2. The molecule has 35 heavy (non-hydrogen) atoms. The lowest BCUT2D eigenvalue weighted by atomic mass is 9.63. The molecular weight excluding hydrogens is 484 g/mol. The van der Waals surface area contributed by atoms with Crippen LogP contribution < -0.4 is 4.72 Å². The van der Waals surface area contributed by atoms with E-state index in [1.165, 1.54) is 32.1 Å². The standard InChI is InChI=1S/C26H37ClN4O3S/c1-2-35(33,34)29-24(18-21-8-10-23(27)11-9-21)25(32)31-15-12-26(13-16-31,19-30-17-14-28-20-30)22-6-4-3-5-7-22/h8-11,14,17,20,22,24,29H,2-7,12-13,15-16,18-19H2,1H3. The van der Waals surface area contributed by atoms with E-state index in [2.05, 4.69) is 14.3 Å². The topological polar surface area (TPSA) is 84.3 Å². The van der Waals surface area contributed by atoms with E-state index in [1.807, 2.05) is 35.8 Å². The van der Waals surface area contributed by atoms with Gasteiger partial charge in [0, 0.05) is 37.1 Å². The summed E-state index contributed by atoms with van der Waals surface area (Å²) in [7, 11) is -3.54. The van der Waals surface area contributed by atoms with E-state index in [0.717, 1.165) is 24.9 Å². The van der Waals surface area contributed by atoms with Gasteiger partial charge in [-0.15, -0.1) is 0 Å². The molecule has 1 saturated carbocycles. The van der Waals surface area contributed by atoms with Crippen molar-refractivity contribution in [1.82, 2.24) is 19.2 Å². The molecule has 9 heteroatoms. The van der Waals surface area contributed by atoms with E-state index in [0.29, 0.717) is 30.5 Å². The van der Waals surface area contributed by atoms with Crippen LogP contribution in [0.4, 0.5) is 0 Å². The lowest BCUT2D eigenvalue weighted by Gasteiger charge is -2.48. The van der Waals surface area contributed by atoms with Crippen LogP contribution in [-0.4, -0.2) is 53.7 Å². The Bertz CT molecular complexity index is 1060. The fourth-order valence-electron chi connectivity index (χ4n) is 5.88. The molecule has 1 saturated heterocycles. The van der Waals surface area contributed by atoms with Gasteiger partial charge in [0.1, 0.15) is 6.04 Å². The molecular formula is C26H37ClN4O3S. The number of halogens is 1. The van der Waals surface area contributed by atoms with Gasteiger partial charge in [-0.2, -0.15) is 0 Å². The van der Waals surface area contributed by atoms with Gasteiger partial charge in [-0.1, -0.05) is 43.0 Å². The Balaban J connectivity index is 1.49. The normalized spacial score (nSPS) is 20.0. The summed E-state index contributed by atoms with van der Waals surface area (Å²) >= 11 is 6.01. The number of likely N-dealkylation sites (tertiary alicyclic amines) is 1. The zero-order chi connectivity index (χ0) is 24.9. The van der Waals surface area contributed by atoms with Crippen molar-refractivity contribution in [3.05, 3.63) is 53.6 Å². The smallest absolute Gasteiger partial charge is 0.241 e. The van der Waals surface area contributed by atoms with Crippen LogP contribution in [0.15, 0.2) is 43.0 Å². The number of rotatable bonds is 9. The van der Waals surface area contributed by atoms with Crippen LogP contribution in [0.3, 0.4) is 0 Å². The van der Waals surface area contributed by atoms with Crippen LogP contribution >= 0.6 is 11.6 Å². The third-order valence-electron chi connectivity index (χ3n) is 7.95. The summed E-state index contributed by atoms with van der Waals surface area (Å²) in [6.07, 6.45) is 14.3. The van der Waals surface area contributed by atoms with Gasteiger partial charge in [-0.05, 0) is 68.1 Å². The van der Waals surface area contributed by atoms with E-state index in [1.54, 1.807) is 19.1 Å². The summed E-state index contributed by atoms with van der Waals surface area (Å²) < 4.78 is 29.7. The zero-order valence-corrected chi connectivity index (χ0v) is 22.1. The van der Waals surface area contributed by atoms with Gasteiger partial charge in [-0.25, -0.2) is 18.1 Å². The molecule has 1 aromatic carbocycles. The summed E-state index contributed by atoms with van der Waals surface area (Å²) in [6.45, 7) is 3.81. The summed E-state index contributed by atoms with van der Waals surface area (Å²) in [6, 6.07) is 6.40. The van der Waals surface area contributed by atoms with Crippen LogP contribution in [0.1, 0.15) is 57.4 Å². The van der Waals surface area contributed by atoms with Crippen molar-refractivity contribution in [1.29, 1.82) is 0 Å². The van der Waals surface area contributed by atoms with Crippen molar-refractivity contribution in [2.24, 2.45) is 11.3 Å². The molecule has 2 heterocycles. The van der Waals surface area contributed by atoms with Gasteiger partial charge in [-0.3, -0.25) is 4.79 Å². The van der Waals surface area contributed by atoms with E-state index in [-0.39, 0.29) is 17.1 Å². The molecule has 1 aliphatic heterocycles. The van der Waals surface area contributed by atoms with E-state index >= 15 is 0 Å². The first kappa shape index (κ1) is 26.2. The Morgan fingerprint density at radius 1 is 1.17 bits per heavy atom. The molecule has 2 aromatic rings. The second-order valence-corrected chi connectivity index (χ2v) is 12.6. The molecule has 2 fully saturated rings. The number of carbonyl (C=O) groups excluding carboxylic acids is 1. The average molecular weight is 521 g/mol. The molecule has 192 valence electrons. The highest BCUT2D eigenvalue weighted by Gasteiger charge is 2.43. The molecule has 1 atom stereocenters. The highest BCUT2D eigenvalue weighted by Crippen LogP contribution is 2.47. The Kier molecular flexibility index (Phi) is 8.55. The first-order chi connectivity index (χ1) is 16.8. The highest BCUT2D eigenvalue weighted by atomic mass is 35.5. The second kappa shape index (κ2) is 11.4. The third-order valence-corrected chi connectivity index (χ3v) is 9.61. The summed E-state index contributed by atoms with van der Waals surface area (Å²) in [4.78, 5) is 19.7. The fraction of sp³-hybridized carbons (Fsp3) is 0.615. The molecule has 4 rings (SSSR count). The van der Waals surface area contributed by atoms with Crippen molar-refractivity contribution in [2.75, 3.05) is 18.8 Å². The van der Waals surface area contributed by atoms with Gasteiger partial charge in [0.25, 0.3) is 0 Å². The van der Waals surface area contributed by atoms with Crippen LogP contribution in [0.5, 0.6) is 0 Å². The first-order valence-electron chi connectivity index (χ1n) is 12.8. The largest absolute Gasteiger partial charge is 0.341 e. The maximum Gasteiger partial charge on any atom is 0.241 e. The van der Waals surface area contributed by atoms with Crippen LogP contribution in [0.25, 0.3) is 0 Å². The molecule has 2 aliphatic rings. The Morgan fingerprint density at radius 2 is 1.86 bits per heavy atom. The number of piperidine rings is 1. The van der Waals surface area contributed by atoms with Crippen LogP contribution in [-0.2, 0) is 27.8 Å². The number of amides is 1. The summed E-state index contributed by atoms with van der Waals surface area (Å²) in [5.41, 5.74) is 1.02. The SMILES string of the molecule is CCS(=O)(=O)NC(Cc1ccc(Cl)cc1)C(=O)N1CCC(Cn2ccnc2)(C2CCCCC2)CC1. The number of sulfonamides is 1.